The Hall–Kier alpha value is -1.93. The minimum Gasteiger partial charge on any atom is -0.462 e. The molecule has 8 atom stereocenters. The molecule has 1 aliphatic carbocycles. The highest BCUT2D eigenvalue weighted by Gasteiger charge is 2.51. The number of allylic oxidation sites excluding steroid dienone is 6. The summed E-state index contributed by atoms with van der Waals surface area (Å²) in [5, 5.41) is 50.0. The Morgan fingerprint density at radius 2 is 1.04 bits per heavy atom. The van der Waals surface area contributed by atoms with Gasteiger partial charge in [0.05, 0.1) is 6.61 Å². The number of aliphatic hydroxyl groups is 5. The lowest BCUT2D eigenvalue weighted by Crippen LogP contribution is -2.64. The third kappa shape index (κ3) is 25.1. The van der Waals surface area contributed by atoms with Crippen LogP contribution in [-0.4, -0.2) is 98.3 Å². The first kappa shape index (κ1) is 51.1. The van der Waals surface area contributed by atoms with Gasteiger partial charge in [0, 0.05) is 12.8 Å². The van der Waals surface area contributed by atoms with E-state index in [1.165, 1.54) is 57.8 Å². The zero-order valence-electron chi connectivity index (χ0n) is 33.5. The van der Waals surface area contributed by atoms with E-state index in [0.717, 1.165) is 57.8 Å². The van der Waals surface area contributed by atoms with Crippen LogP contribution in [0.25, 0.3) is 0 Å². The van der Waals surface area contributed by atoms with Crippen LogP contribution in [0.4, 0.5) is 0 Å². The number of hydrogen-bond donors (Lipinski definition) is 6. The Balaban J connectivity index is 2.52. The Kier molecular flexibility index (Phi) is 29.8. The molecule has 1 fully saturated rings. The summed E-state index contributed by atoms with van der Waals surface area (Å²) >= 11 is 0. The van der Waals surface area contributed by atoms with E-state index >= 15 is 0 Å². The number of aliphatic hydroxyl groups excluding tert-OH is 5. The average molecular weight is 805 g/mol. The predicted octanol–water partition coefficient (Wildman–Crippen LogP) is 7.05. The fraction of sp³-hybridized carbons (Fsp3) is 0.805. The Labute approximate surface area is 329 Å². The molecule has 0 aliphatic heterocycles. The summed E-state index contributed by atoms with van der Waals surface area (Å²) in [5.41, 5.74) is 0. The zero-order chi connectivity index (χ0) is 40.7. The summed E-state index contributed by atoms with van der Waals surface area (Å²) in [6.45, 7) is 3.12. The van der Waals surface area contributed by atoms with Crippen molar-refractivity contribution < 1.29 is 63.1 Å². The Bertz CT molecular complexity index is 1110. The molecule has 7 unspecified atom stereocenters. The molecule has 1 rings (SSSR count). The highest BCUT2D eigenvalue weighted by molar-refractivity contribution is 7.47. The number of carbonyl (C=O) groups excluding carboxylic acids is 2. The van der Waals surface area contributed by atoms with Crippen molar-refractivity contribution in [2.75, 3.05) is 13.2 Å². The lowest BCUT2D eigenvalue weighted by Gasteiger charge is -2.41. The maximum atomic E-state index is 12.8. The SMILES string of the molecule is CC/C=C/C=C/C=C/CCCCCCCC(=O)OC(COC(=O)CCCCCCCCCCCCCCC)COP(=O)(O)OC1C(O)C(O)C(O)[C@@H](O)C1O. The fourth-order valence-electron chi connectivity index (χ4n) is 6.17. The molecule has 0 spiro atoms. The molecule has 1 aliphatic rings. The second-order valence-electron chi connectivity index (χ2n) is 14.5. The van der Waals surface area contributed by atoms with Crippen LogP contribution in [0.1, 0.15) is 155 Å². The monoisotopic (exact) mass is 804 g/mol. The van der Waals surface area contributed by atoms with Crippen molar-refractivity contribution in [3.8, 4) is 0 Å². The van der Waals surface area contributed by atoms with Gasteiger partial charge in [-0.2, -0.15) is 0 Å². The van der Waals surface area contributed by atoms with E-state index in [1.807, 2.05) is 24.3 Å². The van der Waals surface area contributed by atoms with Crippen LogP contribution in [0.5, 0.6) is 0 Å². The summed E-state index contributed by atoms with van der Waals surface area (Å²) in [5.74, 6) is -1.12. The van der Waals surface area contributed by atoms with Gasteiger partial charge in [-0.05, 0) is 32.1 Å². The number of rotatable bonds is 33. The summed E-state index contributed by atoms with van der Waals surface area (Å²) in [6, 6.07) is 0. The molecule has 1 saturated carbocycles. The number of phosphoric acid groups is 1. The molecule has 14 heteroatoms. The largest absolute Gasteiger partial charge is 0.472 e. The van der Waals surface area contributed by atoms with Crippen LogP contribution in [0.2, 0.25) is 0 Å². The van der Waals surface area contributed by atoms with Gasteiger partial charge in [0.2, 0.25) is 0 Å². The number of phosphoric ester groups is 1. The molecule has 55 heavy (non-hydrogen) atoms. The van der Waals surface area contributed by atoms with E-state index in [4.69, 9.17) is 18.5 Å². The molecular formula is C41H73O13P. The van der Waals surface area contributed by atoms with Gasteiger partial charge in [-0.3, -0.25) is 18.6 Å². The maximum absolute atomic E-state index is 12.8. The van der Waals surface area contributed by atoms with Crippen molar-refractivity contribution in [1.29, 1.82) is 0 Å². The molecule has 0 bridgehead atoms. The third-order valence-electron chi connectivity index (χ3n) is 9.56. The molecule has 6 N–H and O–H groups in total. The highest BCUT2D eigenvalue weighted by Crippen LogP contribution is 2.47. The van der Waals surface area contributed by atoms with Gasteiger partial charge < -0.3 is 39.9 Å². The summed E-state index contributed by atoms with van der Waals surface area (Å²) in [7, 11) is -5.12. The van der Waals surface area contributed by atoms with Crippen LogP contribution in [-0.2, 0) is 32.7 Å². The van der Waals surface area contributed by atoms with Crippen LogP contribution in [0.3, 0.4) is 0 Å². The van der Waals surface area contributed by atoms with E-state index in [-0.39, 0.29) is 12.8 Å². The van der Waals surface area contributed by atoms with Crippen molar-refractivity contribution >= 4 is 19.8 Å². The molecule has 0 aromatic carbocycles. The lowest BCUT2D eigenvalue weighted by atomic mass is 9.85. The second kappa shape index (κ2) is 32.1. The maximum Gasteiger partial charge on any atom is 0.472 e. The summed E-state index contributed by atoms with van der Waals surface area (Å²) in [4.78, 5) is 35.5. The average Bonchev–Trinajstić information content (AvgIpc) is 3.16. The summed E-state index contributed by atoms with van der Waals surface area (Å²) in [6.07, 6.45) is 20.7. The van der Waals surface area contributed by atoms with Gasteiger partial charge in [0.25, 0.3) is 0 Å². The molecule has 320 valence electrons. The Morgan fingerprint density at radius 1 is 0.582 bits per heavy atom. The number of unbranched alkanes of at least 4 members (excludes halogenated alkanes) is 17. The van der Waals surface area contributed by atoms with Gasteiger partial charge in [-0.1, -0.05) is 147 Å². The minimum absolute atomic E-state index is 0.0746. The van der Waals surface area contributed by atoms with E-state index in [9.17, 15) is 44.6 Å². The molecule has 0 heterocycles. The van der Waals surface area contributed by atoms with Gasteiger partial charge >= 0.3 is 19.8 Å². The van der Waals surface area contributed by atoms with E-state index in [2.05, 4.69) is 26.0 Å². The predicted molar refractivity (Wildman–Crippen MR) is 212 cm³/mol. The zero-order valence-corrected chi connectivity index (χ0v) is 34.4. The first-order valence-corrected chi connectivity index (χ1v) is 22.3. The van der Waals surface area contributed by atoms with Crippen LogP contribution in [0.15, 0.2) is 36.5 Å². The Morgan fingerprint density at radius 3 is 1.56 bits per heavy atom. The first-order valence-electron chi connectivity index (χ1n) is 20.8. The fourth-order valence-corrected chi connectivity index (χ4v) is 7.14. The smallest absolute Gasteiger partial charge is 0.462 e. The van der Waals surface area contributed by atoms with Crippen molar-refractivity contribution in [3.05, 3.63) is 36.5 Å². The number of hydrogen-bond acceptors (Lipinski definition) is 12. The molecule has 0 saturated heterocycles. The minimum atomic E-state index is -5.12. The van der Waals surface area contributed by atoms with Gasteiger partial charge in [0.1, 0.15) is 43.2 Å². The van der Waals surface area contributed by atoms with Crippen molar-refractivity contribution in [1.82, 2.24) is 0 Å². The summed E-state index contributed by atoms with van der Waals surface area (Å²) < 4.78 is 33.4. The standard InChI is InChI=1S/C41H73O13P/c1-3-5-7-9-11-13-15-17-19-21-23-25-27-29-34(42)51-31-33(32-52-55(49,50)54-41-39(47)37(45)36(44)38(46)40(41)48)53-35(43)30-28-26-24-22-20-18-16-14-12-10-8-6-4-2/h6,8,10,12,14,16,33,36-41,44-48H,3-5,7,9,11,13,15,17-32H2,1-2H3,(H,49,50)/b8-6+,12-10+,16-14+/t33?,36?,37-,38?,39?,40?,41?/m1/s1. The lowest BCUT2D eigenvalue weighted by molar-refractivity contribution is -0.220. The van der Waals surface area contributed by atoms with Gasteiger partial charge in [0.15, 0.2) is 6.10 Å². The van der Waals surface area contributed by atoms with Crippen LogP contribution < -0.4 is 0 Å². The number of esters is 2. The number of carbonyl (C=O) groups is 2. The van der Waals surface area contributed by atoms with Crippen molar-refractivity contribution in [2.24, 2.45) is 0 Å². The van der Waals surface area contributed by atoms with E-state index < -0.39 is 75.7 Å². The number of ether oxygens (including phenoxy) is 2. The topological polar surface area (TPSA) is 210 Å². The van der Waals surface area contributed by atoms with Gasteiger partial charge in [-0.15, -0.1) is 0 Å². The van der Waals surface area contributed by atoms with Crippen LogP contribution >= 0.6 is 7.82 Å². The highest BCUT2D eigenvalue weighted by atomic mass is 31.2. The molecule has 13 nitrogen and oxygen atoms in total. The molecule has 0 aromatic heterocycles. The second-order valence-corrected chi connectivity index (χ2v) is 15.9. The normalized spacial score (nSPS) is 23.4. The van der Waals surface area contributed by atoms with Crippen molar-refractivity contribution in [2.45, 2.75) is 198 Å². The molecule has 0 radical (unpaired) electrons. The van der Waals surface area contributed by atoms with Crippen molar-refractivity contribution in [3.63, 3.8) is 0 Å². The molecule has 0 amide bonds. The molecule has 0 aromatic rings. The molecular weight excluding hydrogens is 731 g/mol. The van der Waals surface area contributed by atoms with E-state index in [0.29, 0.717) is 12.8 Å². The van der Waals surface area contributed by atoms with E-state index in [1.54, 1.807) is 0 Å². The first-order chi connectivity index (χ1) is 26.4. The third-order valence-corrected chi connectivity index (χ3v) is 10.5. The van der Waals surface area contributed by atoms with Gasteiger partial charge in [-0.25, -0.2) is 4.57 Å². The van der Waals surface area contributed by atoms with Crippen LogP contribution in [0, 0.1) is 0 Å². The quantitative estimate of drug-likeness (QED) is 0.0170.